The Kier molecular flexibility index (Phi) is 6.11. The van der Waals surface area contributed by atoms with Crippen LogP contribution in [0.5, 0.6) is 0 Å². The molecule has 1 aromatic rings. The van der Waals surface area contributed by atoms with Gasteiger partial charge in [0, 0.05) is 31.5 Å². The number of hydrogen-bond donors (Lipinski definition) is 1. The summed E-state index contributed by atoms with van der Waals surface area (Å²) in [6.07, 6.45) is 6.04. The first-order valence-electron chi connectivity index (χ1n) is 6.14. The average Bonchev–Trinajstić information content (AvgIpc) is 2.80. The number of aliphatic hydroxyl groups is 1. The van der Waals surface area contributed by atoms with Gasteiger partial charge in [0.2, 0.25) is 0 Å². The number of aliphatic hydroxyl groups excluding tert-OH is 1. The number of rotatable bonds is 8. The summed E-state index contributed by atoms with van der Waals surface area (Å²) in [6.45, 7) is 7.24. The van der Waals surface area contributed by atoms with Crippen LogP contribution in [0.1, 0.15) is 26.7 Å². The van der Waals surface area contributed by atoms with E-state index in [1.807, 2.05) is 16.9 Å². The maximum absolute atomic E-state index is 9.07. The summed E-state index contributed by atoms with van der Waals surface area (Å²) in [4.78, 5) is 2.35. The highest BCUT2D eigenvalue weighted by Gasteiger charge is 2.13. The lowest BCUT2D eigenvalue weighted by Gasteiger charge is -2.29. The molecule has 1 N–H and O–H groups in total. The third kappa shape index (κ3) is 3.94. The number of hydrogen-bond acceptors (Lipinski definition) is 3. The molecule has 0 aromatic carbocycles. The second kappa shape index (κ2) is 7.41. The molecule has 92 valence electrons. The van der Waals surface area contributed by atoms with E-state index in [2.05, 4.69) is 23.8 Å². The molecule has 0 radical (unpaired) electrons. The van der Waals surface area contributed by atoms with Crippen molar-refractivity contribution >= 4 is 0 Å². The van der Waals surface area contributed by atoms with Crippen molar-refractivity contribution in [2.24, 2.45) is 0 Å². The van der Waals surface area contributed by atoms with Crippen LogP contribution >= 0.6 is 0 Å². The Morgan fingerprint density at radius 1 is 1.31 bits per heavy atom. The molecule has 16 heavy (non-hydrogen) atoms. The molecule has 1 heterocycles. The fourth-order valence-corrected chi connectivity index (χ4v) is 2.07. The first kappa shape index (κ1) is 13.2. The van der Waals surface area contributed by atoms with E-state index in [1.54, 1.807) is 6.20 Å². The van der Waals surface area contributed by atoms with Crippen molar-refractivity contribution in [3.8, 4) is 0 Å². The Labute approximate surface area is 97.9 Å². The van der Waals surface area contributed by atoms with Crippen molar-refractivity contribution in [3.05, 3.63) is 18.5 Å². The van der Waals surface area contributed by atoms with Crippen LogP contribution in [0, 0.1) is 0 Å². The highest BCUT2D eigenvalue weighted by atomic mass is 16.3. The standard InChI is InChI=1S/C12H23N3O/c1-3-12(4-2)14(10-11-16)8-9-15-7-5-6-13-15/h5-7,12,16H,3-4,8-11H2,1-2H3. The first-order chi connectivity index (χ1) is 7.81. The zero-order valence-electron chi connectivity index (χ0n) is 10.3. The van der Waals surface area contributed by atoms with Crippen LogP contribution in [0.3, 0.4) is 0 Å². The van der Waals surface area contributed by atoms with Gasteiger partial charge in [-0.1, -0.05) is 13.8 Å². The maximum Gasteiger partial charge on any atom is 0.0558 e. The van der Waals surface area contributed by atoms with Crippen LogP contribution in [0.4, 0.5) is 0 Å². The SMILES string of the molecule is CCC(CC)N(CCO)CCn1cccn1. The van der Waals surface area contributed by atoms with Crippen molar-refractivity contribution in [3.63, 3.8) is 0 Å². The third-order valence-corrected chi connectivity index (χ3v) is 3.02. The summed E-state index contributed by atoms with van der Waals surface area (Å²) in [5, 5.41) is 13.3. The molecular formula is C12H23N3O. The van der Waals surface area contributed by atoms with E-state index in [0.717, 1.165) is 32.5 Å². The predicted octanol–water partition coefficient (Wildman–Crippen LogP) is 1.37. The van der Waals surface area contributed by atoms with Crippen molar-refractivity contribution in [1.29, 1.82) is 0 Å². The van der Waals surface area contributed by atoms with Crippen LogP contribution < -0.4 is 0 Å². The average molecular weight is 225 g/mol. The molecule has 1 rings (SSSR count). The lowest BCUT2D eigenvalue weighted by molar-refractivity contribution is 0.137. The van der Waals surface area contributed by atoms with Crippen LogP contribution in [0.2, 0.25) is 0 Å². The van der Waals surface area contributed by atoms with Gasteiger partial charge in [0.25, 0.3) is 0 Å². The van der Waals surface area contributed by atoms with Crippen molar-refractivity contribution in [2.45, 2.75) is 39.3 Å². The summed E-state index contributed by atoms with van der Waals surface area (Å²) in [6, 6.07) is 2.51. The second-order valence-electron chi connectivity index (χ2n) is 4.00. The molecule has 1 aromatic heterocycles. The topological polar surface area (TPSA) is 41.3 Å². The second-order valence-corrected chi connectivity index (χ2v) is 4.00. The predicted molar refractivity (Wildman–Crippen MR) is 65.3 cm³/mol. The molecule has 0 bridgehead atoms. The van der Waals surface area contributed by atoms with Gasteiger partial charge >= 0.3 is 0 Å². The van der Waals surface area contributed by atoms with E-state index in [4.69, 9.17) is 5.11 Å². The van der Waals surface area contributed by atoms with Gasteiger partial charge in [0.05, 0.1) is 13.2 Å². The van der Waals surface area contributed by atoms with E-state index < -0.39 is 0 Å². The van der Waals surface area contributed by atoms with Gasteiger partial charge in [-0.05, 0) is 18.9 Å². The van der Waals surface area contributed by atoms with Crippen molar-refractivity contribution < 1.29 is 5.11 Å². The fourth-order valence-electron chi connectivity index (χ4n) is 2.07. The smallest absolute Gasteiger partial charge is 0.0558 e. The molecule has 0 saturated carbocycles. The minimum atomic E-state index is 0.232. The molecule has 0 spiro atoms. The fraction of sp³-hybridized carbons (Fsp3) is 0.750. The van der Waals surface area contributed by atoms with E-state index >= 15 is 0 Å². The highest BCUT2D eigenvalue weighted by molar-refractivity contribution is 4.78. The summed E-state index contributed by atoms with van der Waals surface area (Å²) < 4.78 is 1.94. The van der Waals surface area contributed by atoms with Gasteiger partial charge < -0.3 is 5.11 Å². The van der Waals surface area contributed by atoms with E-state index in [1.165, 1.54) is 0 Å². The van der Waals surface area contributed by atoms with Crippen molar-refractivity contribution in [1.82, 2.24) is 14.7 Å². The molecule has 0 aliphatic rings. The van der Waals surface area contributed by atoms with Gasteiger partial charge in [-0.25, -0.2) is 0 Å². The van der Waals surface area contributed by atoms with Gasteiger partial charge in [-0.2, -0.15) is 5.10 Å². The molecule has 4 nitrogen and oxygen atoms in total. The van der Waals surface area contributed by atoms with Crippen LogP contribution in [0.25, 0.3) is 0 Å². The van der Waals surface area contributed by atoms with Gasteiger partial charge in [0.15, 0.2) is 0 Å². The normalized spacial score (nSPS) is 11.6. The lowest BCUT2D eigenvalue weighted by atomic mass is 10.1. The Balaban J connectivity index is 2.43. The third-order valence-electron chi connectivity index (χ3n) is 3.02. The highest BCUT2D eigenvalue weighted by Crippen LogP contribution is 2.08. The summed E-state index contributed by atoms with van der Waals surface area (Å²) in [7, 11) is 0. The Morgan fingerprint density at radius 2 is 2.06 bits per heavy atom. The maximum atomic E-state index is 9.07. The molecule has 0 unspecified atom stereocenters. The lowest BCUT2D eigenvalue weighted by Crippen LogP contribution is -2.38. The molecule has 0 aliphatic heterocycles. The zero-order chi connectivity index (χ0) is 11.8. The molecule has 0 aliphatic carbocycles. The Morgan fingerprint density at radius 3 is 2.56 bits per heavy atom. The Bertz CT molecular complexity index is 257. The van der Waals surface area contributed by atoms with Crippen LogP contribution in [-0.2, 0) is 6.54 Å². The van der Waals surface area contributed by atoms with Crippen molar-refractivity contribution in [2.75, 3.05) is 19.7 Å². The number of aromatic nitrogens is 2. The van der Waals surface area contributed by atoms with Gasteiger partial charge in [0.1, 0.15) is 0 Å². The molecule has 0 amide bonds. The first-order valence-corrected chi connectivity index (χ1v) is 6.14. The monoisotopic (exact) mass is 225 g/mol. The number of nitrogens with zero attached hydrogens (tertiary/aromatic N) is 3. The van der Waals surface area contributed by atoms with Gasteiger partial charge in [-0.15, -0.1) is 0 Å². The largest absolute Gasteiger partial charge is 0.395 e. The molecule has 4 heteroatoms. The van der Waals surface area contributed by atoms with Crippen LogP contribution in [-0.4, -0.2) is 45.5 Å². The quantitative estimate of drug-likeness (QED) is 0.726. The Hall–Kier alpha value is -0.870. The van der Waals surface area contributed by atoms with E-state index in [-0.39, 0.29) is 6.61 Å². The minimum absolute atomic E-state index is 0.232. The van der Waals surface area contributed by atoms with Crippen LogP contribution in [0.15, 0.2) is 18.5 Å². The minimum Gasteiger partial charge on any atom is -0.395 e. The molecular weight excluding hydrogens is 202 g/mol. The summed E-state index contributed by atoms with van der Waals surface area (Å²) >= 11 is 0. The van der Waals surface area contributed by atoms with E-state index in [9.17, 15) is 0 Å². The molecule has 0 saturated heterocycles. The van der Waals surface area contributed by atoms with E-state index in [0.29, 0.717) is 6.04 Å². The zero-order valence-corrected chi connectivity index (χ0v) is 10.3. The summed E-state index contributed by atoms with van der Waals surface area (Å²) in [5.74, 6) is 0. The molecule has 0 atom stereocenters. The summed E-state index contributed by atoms with van der Waals surface area (Å²) in [5.41, 5.74) is 0. The van der Waals surface area contributed by atoms with Gasteiger partial charge in [-0.3, -0.25) is 9.58 Å². The molecule has 0 fully saturated rings.